The Balaban J connectivity index is 4.94. The molecule has 0 saturated carbocycles. The highest BCUT2D eigenvalue weighted by Crippen LogP contribution is 2.48. The van der Waals surface area contributed by atoms with Crippen LogP contribution >= 0.6 is 15.2 Å². The second-order valence-corrected chi connectivity index (χ2v) is 7.65. The lowest BCUT2D eigenvalue weighted by atomic mass is 10.0. The van der Waals surface area contributed by atoms with Gasteiger partial charge in [0.05, 0.1) is 11.9 Å². The molecule has 0 aliphatic heterocycles. The average molecular weight is 306 g/mol. The molecule has 0 aromatic carbocycles. The highest BCUT2D eigenvalue weighted by atomic mass is 31.2. The molecule has 10 nitrogen and oxygen atoms in total. The van der Waals surface area contributed by atoms with Gasteiger partial charge in [-0.15, -0.1) is 0 Å². The summed E-state index contributed by atoms with van der Waals surface area (Å²) in [5.74, 6) is 0. The number of rotatable bonds is 8. The largest absolute Gasteiger partial charge is 0.810 e. The van der Waals surface area contributed by atoms with Crippen molar-refractivity contribution in [2.75, 3.05) is 26.4 Å². The molecule has 0 saturated heterocycles. The van der Waals surface area contributed by atoms with E-state index in [0.717, 1.165) is 5.32 Å². The van der Waals surface area contributed by atoms with Crippen LogP contribution in [0.5, 0.6) is 0 Å². The van der Waals surface area contributed by atoms with Crippen LogP contribution in [-0.2, 0) is 9.13 Å². The predicted octanol–water partition coefficient (Wildman–Crippen LogP) is -6.58. The molecular weight excluding hydrogens is 292 g/mol. The van der Waals surface area contributed by atoms with Crippen molar-refractivity contribution in [2.24, 2.45) is 0 Å². The fraction of sp³-hybridized carbons (Fsp3) is 1.00. The van der Waals surface area contributed by atoms with Gasteiger partial charge in [0.15, 0.2) is 5.54 Å². The van der Waals surface area contributed by atoms with Crippen LogP contribution in [0, 0.1) is 0 Å². The number of hydrogen-bond acceptors (Lipinski definition) is 9. The van der Waals surface area contributed by atoms with E-state index in [-0.39, 0.29) is 0 Å². The maximum absolute atomic E-state index is 10.7. The van der Waals surface area contributed by atoms with E-state index in [4.69, 9.17) is 15.3 Å². The molecule has 0 bridgehead atoms. The number of aliphatic hydroxyl groups excluding tert-OH is 3. The Bertz CT molecular complexity index is 315. The van der Waals surface area contributed by atoms with E-state index in [9.17, 15) is 28.7 Å². The van der Waals surface area contributed by atoms with Crippen LogP contribution in [0.25, 0.3) is 0 Å². The maximum atomic E-state index is 10.7. The SMILES string of the molecule is O=P([O-])([O-])C(C[NH2+]C(CO)(CO)CO)P(=O)([O-])[O-]. The summed E-state index contributed by atoms with van der Waals surface area (Å²) in [6, 6.07) is 0. The van der Waals surface area contributed by atoms with Gasteiger partial charge in [0.25, 0.3) is 0 Å². The molecule has 0 aliphatic rings. The molecule has 0 unspecified atom stereocenters. The van der Waals surface area contributed by atoms with E-state index in [1.807, 2.05) is 0 Å². The molecule has 12 heteroatoms. The lowest BCUT2D eigenvalue weighted by Crippen LogP contribution is -3.01. The molecule has 0 spiro atoms. The fourth-order valence-electron chi connectivity index (χ4n) is 1.13. The highest BCUT2D eigenvalue weighted by molar-refractivity contribution is 7.68. The molecule has 5 N–H and O–H groups in total. The summed E-state index contributed by atoms with van der Waals surface area (Å²) in [4.78, 5) is 42.6. The monoisotopic (exact) mass is 306 g/mol. The number of aliphatic hydroxyl groups is 3. The summed E-state index contributed by atoms with van der Waals surface area (Å²) < 4.78 is 21.3. The third-order valence-corrected chi connectivity index (χ3v) is 6.02. The zero-order valence-corrected chi connectivity index (χ0v) is 11.0. The summed E-state index contributed by atoms with van der Waals surface area (Å²) in [6.07, 6.45) is 0. The van der Waals surface area contributed by atoms with Crippen molar-refractivity contribution < 1.29 is 49.3 Å². The molecule has 0 heterocycles. The molecule has 0 aliphatic carbocycles. The molecule has 0 radical (unpaired) electrons. The first-order chi connectivity index (χ1) is 8.02. The third-order valence-electron chi connectivity index (χ3n) is 2.44. The highest BCUT2D eigenvalue weighted by Gasteiger charge is 2.33. The first kappa shape index (κ1) is 18.1. The summed E-state index contributed by atoms with van der Waals surface area (Å²) in [6.45, 7) is -3.43. The molecule has 0 aromatic rings. The van der Waals surface area contributed by atoms with Crippen molar-refractivity contribution in [1.82, 2.24) is 0 Å². The third kappa shape index (κ3) is 5.02. The zero-order chi connectivity index (χ0) is 14.6. The minimum atomic E-state index is -5.68. The molecule has 18 heavy (non-hydrogen) atoms. The van der Waals surface area contributed by atoms with Gasteiger partial charge in [0.2, 0.25) is 0 Å². The van der Waals surface area contributed by atoms with Crippen LogP contribution in [0.4, 0.5) is 0 Å². The van der Waals surface area contributed by atoms with Crippen molar-refractivity contribution in [3.05, 3.63) is 0 Å². The minimum Gasteiger partial charge on any atom is -0.810 e. The van der Waals surface area contributed by atoms with Crippen LogP contribution in [0.15, 0.2) is 0 Å². The topological polar surface area (TPSA) is 204 Å². The van der Waals surface area contributed by atoms with Gasteiger partial charge in [0.1, 0.15) is 19.8 Å². The predicted molar refractivity (Wildman–Crippen MR) is 49.8 cm³/mol. The van der Waals surface area contributed by atoms with E-state index >= 15 is 0 Å². The van der Waals surface area contributed by atoms with E-state index in [2.05, 4.69) is 0 Å². The first-order valence-electron chi connectivity index (χ1n) is 4.73. The molecule has 0 atom stereocenters. The van der Waals surface area contributed by atoms with Crippen LogP contribution in [0.1, 0.15) is 0 Å². The lowest BCUT2D eigenvalue weighted by molar-refractivity contribution is -0.732. The van der Waals surface area contributed by atoms with Crippen LogP contribution in [0.3, 0.4) is 0 Å². The Labute approximate surface area is 103 Å². The van der Waals surface area contributed by atoms with Crippen molar-refractivity contribution in [1.29, 1.82) is 0 Å². The molecule has 110 valence electrons. The second kappa shape index (κ2) is 6.53. The Kier molecular flexibility index (Phi) is 6.59. The van der Waals surface area contributed by atoms with Gasteiger partial charge in [-0.05, 0) is 0 Å². The second-order valence-electron chi connectivity index (χ2n) is 3.84. The fourth-order valence-corrected chi connectivity index (χ4v) is 3.24. The maximum Gasteiger partial charge on any atom is 0.166 e. The summed E-state index contributed by atoms with van der Waals surface area (Å²) in [7, 11) is -11.4. The first-order valence-corrected chi connectivity index (χ1v) is 7.95. The lowest BCUT2D eigenvalue weighted by Gasteiger charge is -2.48. The Morgan fingerprint density at radius 3 is 1.50 bits per heavy atom. The van der Waals surface area contributed by atoms with Gasteiger partial charge in [-0.25, -0.2) is 0 Å². The van der Waals surface area contributed by atoms with Crippen LogP contribution < -0.4 is 24.9 Å². The van der Waals surface area contributed by atoms with Gasteiger partial charge < -0.3 is 49.3 Å². The molecular formula is C6H14NO9P2-3. The van der Waals surface area contributed by atoms with Gasteiger partial charge in [-0.2, -0.15) is 0 Å². The number of quaternary nitrogens is 1. The van der Waals surface area contributed by atoms with E-state index in [0.29, 0.717) is 0 Å². The van der Waals surface area contributed by atoms with Gasteiger partial charge in [0, 0.05) is 0 Å². The molecule has 0 fully saturated rings. The van der Waals surface area contributed by atoms with Crippen molar-refractivity contribution in [2.45, 2.75) is 10.9 Å². The summed E-state index contributed by atoms with van der Waals surface area (Å²) in [5, 5.41) is 24.7. The van der Waals surface area contributed by atoms with E-state index < -0.39 is 52.5 Å². The average Bonchev–Trinajstić information content (AvgIpc) is 2.21. The van der Waals surface area contributed by atoms with Crippen LogP contribution in [-0.4, -0.2) is 52.6 Å². The van der Waals surface area contributed by atoms with Crippen LogP contribution in [0.2, 0.25) is 0 Å². The number of nitrogens with two attached hydrogens (primary N) is 1. The molecule has 0 amide bonds. The Morgan fingerprint density at radius 2 is 1.28 bits per heavy atom. The Morgan fingerprint density at radius 1 is 0.944 bits per heavy atom. The van der Waals surface area contributed by atoms with E-state index in [1.165, 1.54) is 0 Å². The standard InChI is InChI=1S/C6H17NO9P2/c8-2-6(3-9,4-10)7-1-5(17(11,12)13)18(14,15)16/h5,7-10H,1-4H2,(H2,11,12,13)(H2,14,15,16)/p-3. The van der Waals surface area contributed by atoms with Crippen molar-refractivity contribution >= 4 is 15.2 Å². The van der Waals surface area contributed by atoms with Crippen molar-refractivity contribution in [3.63, 3.8) is 0 Å². The normalized spacial score (nSPS) is 14.2. The quantitative estimate of drug-likeness (QED) is 0.314. The summed E-state index contributed by atoms with van der Waals surface area (Å²) in [5.41, 5.74) is -1.66. The zero-order valence-electron chi connectivity index (χ0n) is 9.17. The number of hydrogen-bond donors (Lipinski definition) is 4. The van der Waals surface area contributed by atoms with Gasteiger partial charge in [-0.1, -0.05) is 15.2 Å². The Hall–Kier alpha value is 0.140. The van der Waals surface area contributed by atoms with Crippen molar-refractivity contribution in [3.8, 4) is 0 Å². The van der Waals surface area contributed by atoms with E-state index in [1.54, 1.807) is 0 Å². The van der Waals surface area contributed by atoms with Gasteiger partial charge in [-0.3, -0.25) is 0 Å². The van der Waals surface area contributed by atoms with Gasteiger partial charge >= 0.3 is 0 Å². The summed E-state index contributed by atoms with van der Waals surface area (Å²) >= 11 is 0. The smallest absolute Gasteiger partial charge is 0.166 e. The molecule has 0 rings (SSSR count). The molecule has 0 aromatic heterocycles. The minimum absolute atomic E-state index is 0.753.